The van der Waals surface area contributed by atoms with Crippen LogP contribution in [0.5, 0.6) is 0 Å². The first-order chi connectivity index (χ1) is 15.2. The fourth-order valence-electron chi connectivity index (χ4n) is 3.93. The van der Waals surface area contributed by atoms with Gasteiger partial charge in [0.15, 0.2) is 0 Å². The quantitative estimate of drug-likeness (QED) is 0.301. The van der Waals surface area contributed by atoms with Gasteiger partial charge in [0, 0.05) is 17.2 Å². The summed E-state index contributed by atoms with van der Waals surface area (Å²) in [5.41, 5.74) is 5.85. The van der Waals surface area contributed by atoms with E-state index in [1.807, 2.05) is 30.3 Å². The van der Waals surface area contributed by atoms with Crippen LogP contribution in [0.2, 0.25) is 0 Å². The Bertz CT molecular complexity index is 869. The number of anilines is 1. The molecule has 0 aliphatic heterocycles. The lowest BCUT2D eigenvalue weighted by Crippen LogP contribution is -2.24. The summed E-state index contributed by atoms with van der Waals surface area (Å²) in [5, 5.41) is 7.40. The van der Waals surface area contributed by atoms with Crippen LogP contribution in [0.3, 0.4) is 0 Å². The molecule has 1 aliphatic rings. The molecule has 1 fully saturated rings. The van der Waals surface area contributed by atoms with Crippen molar-refractivity contribution < 1.29 is 9.59 Å². The van der Waals surface area contributed by atoms with Crippen LogP contribution in [0, 0.1) is 5.92 Å². The number of carbonyl (C=O) groups excluding carboxylic acids is 2. The Kier molecular flexibility index (Phi) is 8.83. The van der Waals surface area contributed by atoms with E-state index in [2.05, 4.69) is 22.8 Å². The van der Waals surface area contributed by atoms with Crippen molar-refractivity contribution in [1.29, 1.82) is 0 Å². The topological polar surface area (TPSA) is 70.6 Å². The number of hydrogen-bond donors (Lipinski definition) is 2. The van der Waals surface area contributed by atoms with Crippen LogP contribution >= 0.6 is 0 Å². The Morgan fingerprint density at radius 3 is 2.29 bits per heavy atom. The van der Waals surface area contributed by atoms with Crippen LogP contribution in [-0.2, 0) is 4.79 Å². The molecule has 0 saturated heterocycles. The number of carbonyl (C=O) groups is 2. The summed E-state index contributed by atoms with van der Waals surface area (Å²) in [7, 11) is 0. The average Bonchev–Trinajstić information content (AvgIpc) is 2.82. The van der Waals surface area contributed by atoms with Crippen LogP contribution in [-0.4, -0.2) is 17.5 Å². The number of amides is 2. The number of nitrogens with one attached hydrogen (secondary N) is 2. The molecule has 0 heterocycles. The molecule has 5 nitrogen and oxygen atoms in total. The Labute approximate surface area is 185 Å². The van der Waals surface area contributed by atoms with Crippen LogP contribution in [0.25, 0.3) is 0 Å². The summed E-state index contributed by atoms with van der Waals surface area (Å²) in [4.78, 5) is 25.0. The molecule has 164 valence electrons. The summed E-state index contributed by atoms with van der Waals surface area (Å²) >= 11 is 0. The third kappa shape index (κ3) is 7.06. The van der Waals surface area contributed by atoms with Crippen molar-refractivity contribution in [2.24, 2.45) is 11.0 Å². The number of rotatable bonds is 9. The average molecular weight is 420 g/mol. The minimum Gasteiger partial charge on any atom is -0.326 e. The predicted octanol–water partition coefficient (Wildman–Crippen LogP) is 5.92. The van der Waals surface area contributed by atoms with Crippen molar-refractivity contribution in [2.75, 3.05) is 5.32 Å². The van der Waals surface area contributed by atoms with Gasteiger partial charge in [0.2, 0.25) is 5.91 Å². The molecule has 0 bridgehead atoms. The van der Waals surface area contributed by atoms with Crippen LogP contribution < -0.4 is 10.7 Å². The van der Waals surface area contributed by atoms with E-state index in [1.54, 1.807) is 24.3 Å². The van der Waals surface area contributed by atoms with Crippen molar-refractivity contribution in [2.45, 2.75) is 64.7 Å². The lowest BCUT2D eigenvalue weighted by Gasteiger charge is -2.20. The van der Waals surface area contributed by atoms with Gasteiger partial charge < -0.3 is 5.32 Å². The summed E-state index contributed by atoms with van der Waals surface area (Å²) in [6.45, 7) is 2.17. The fraction of sp³-hybridized carbons (Fsp3) is 0.423. The molecule has 3 rings (SSSR count). The van der Waals surface area contributed by atoms with Gasteiger partial charge in [0.25, 0.3) is 5.91 Å². The molecule has 2 aromatic rings. The van der Waals surface area contributed by atoms with Gasteiger partial charge in [0.1, 0.15) is 0 Å². The zero-order valence-electron chi connectivity index (χ0n) is 18.4. The van der Waals surface area contributed by atoms with Gasteiger partial charge in [-0.05, 0) is 55.5 Å². The number of hydrazone groups is 1. The maximum Gasteiger partial charge on any atom is 0.271 e. The third-order valence-corrected chi connectivity index (χ3v) is 5.81. The molecule has 1 saturated carbocycles. The van der Waals surface area contributed by atoms with E-state index >= 15 is 0 Å². The zero-order chi connectivity index (χ0) is 21.9. The number of benzene rings is 2. The van der Waals surface area contributed by atoms with Gasteiger partial charge in [-0.2, -0.15) is 5.10 Å². The van der Waals surface area contributed by atoms with Gasteiger partial charge in [-0.15, -0.1) is 0 Å². The van der Waals surface area contributed by atoms with E-state index < -0.39 is 0 Å². The highest BCUT2D eigenvalue weighted by Gasteiger charge is 2.21. The molecule has 0 unspecified atom stereocenters. The molecule has 0 spiro atoms. The summed E-state index contributed by atoms with van der Waals surface area (Å²) in [6.07, 6.45) is 9.53. The van der Waals surface area contributed by atoms with E-state index in [9.17, 15) is 9.59 Å². The highest BCUT2D eigenvalue weighted by atomic mass is 16.2. The molecule has 1 aliphatic carbocycles. The minimum absolute atomic E-state index is 0.0843. The maximum atomic E-state index is 12.6. The zero-order valence-corrected chi connectivity index (χ0v) is 18.4. The van der Waals surface area contributed by atoms with E-state index in [0.29, 0.717) is 5.56 Å². The first kappa shape index (κ1) is 22.7. The first-order valence-corrected chi connectivity index (χ1v) is 11.5. The number of hydrogen-bond acceptors (Lipinski definition) is 3. The molecule has 5 heteroatoms. The molecule has 2 amide bonds. The summed E-state index contributed by atoms with van der Waals surface area (Å²) < 4.78 is 0. The molecular formula is C26H33N3O2. The first-order valence-electron chi connectivity index (χ1n) is 11.5. The largest absolute Gasteiger partial charge is 0.326 e. The lowest BCUT2D eigenvalue weighted by atomic mass is 9.88. The van der Waals surface area contributed by atoms with Crippen molar-refractivity contribution in [1.82, 2.24) is 5.43 Å². The van der Waals surface area contributed by atoms with E-state index in [0.717, 1.165) is 68.3 Å². The normalized spacial score (nSPS) is 14.8. The van der Waals surface area contributed by atoms with Crippen LogP contribution in [0.15, 0.2) is 59.7 Å². The standard InChI is InChI=1S/C26H33N3O2/c1-2-3-6-15-24(20-11-7-4-8-12-20)28-29-26(31)22-16-18-23(19-17-22)27-25(30)21-13-9-5-10-14-21/h4,7-8,11-12,16-19,21H,2-3,5-6,9-10,13-15H2,1H3,(H,27,30)(H,29,31)/b28-24+. The molecule has 2 N–H and O–H groups in total. The van der Waals surface area contributed by atoms with Crippen LogP contribution in [0.4, 0.5) is 5.69 Å². The third-order valence-electron chi connectivity index (χ3n) is 5.81. The van der Waals surface area contributed by atoms with Gasteiger partial charge >= 0.3 is 0 Å². The number of nitrogens with zero attached hydrogens (tertiary/aromatic N) is 1. The number of unbranched alkanes of at least 4 members (excludes halogenated alkanes) is 2. The monoisotopic (exact) mass is 419 g/mol. The highest BCUT2D eigenvalue weighted by Crippen LogP contribution is 2.25. The van der Waals surface area contributed by atoms with Gasteiger partial charge in [-0.25, -0.2) is 5.43 Å². The predicted molar refractivity (Wildman–Crippen MR) is 126 cm³/mol. The summed E-state index contributed by atoms with van der Waals surface area (Å²) in [5.74, 6) is -0.0645. The van der Waals surface area contributed by atoms with Crippen molar-refractivity contribution in [3.05, 3.63) is 65.7 Å². The van der Waals surface area contributed by atoms with E-state index in [-0.39, 0.29) is 17.7 Å². The Morgan fingerprint density at radius 2 is 1.61 bits per heavy atom. The molecule has 0 atom stereocenters. The van der Waals surface area contributed by atoms with Crippen molar-refractivity contribution in [3.8, 4) is 0 Å². The molecular weight excluding hydrogens is 386 g/mol. The lowest BCUT2D eigenvalue weighted by molar-refractivity contribution is -0.120. The fourth-order valence-corrected chi connectivity index (χ4v) is 3.93. The molecule has 0 aromatic heterocycles. The second-order valence-electron chi connectivity index (χ2n) is 8.22. The second-order valence-corrected chi connectivity index (χ2v) is 8.22. The van der Waals surface area contributed by atoms with E-state index in [1.165, 1.54) is 6.42 Å². The Balaban J connectivity index is 1.60. The Morgan fingerprint density at radius 1 is 0.903 bits per heavy atom. The van der Waals surface area contributed by atoms with E-state index in [4.69, 9.17) is 0 Å². The van der Waals surface area contributed by atoms with Crippen molar-refractivity contribution >= 4 is 23.2 Å². The smallest absolute Gasteiger partial charge is 0.271 e. The van der Waals surface area contributed by atoms with Gasteiger partial charge in [0.05, 0.1) is 5.71 Å². The second kappa shape index (κ2) is 12.0. The van der Waals surface area contributed by atoms with Crippen LogP contribution in [0.1, 0.15) is 80.6 Å². The molecule has 31 heavy (non-hydrogen) atoms. The minimum atomic E-state index is -0.255. The van der Waals surface area contributed by atoms with Crippen molar-refractivity contribution in [3.63, 3.8) is 0 Å². The SMILES string of the molecule is CCCCC/C(=N\NC(=O)c1ccc(NC(=O)C2CCCCC2)cc1)c1ccccc1. The molecule has 2 aromatic carbocycles. The Hall–Kier alpha value is -2.95. The molecule has 0 radical (unpaired) electrons. The maximum absolute atomic E-state index is 12.6. The highest BCUT2D eigenvalue weighted by molar-refractivity contribution is 6.02. The van der Waals surface area contributed by atoms with Gasteiger partial charge in [-0.3, -0.25) is 9.59 Å². The summed E-state index contributed by atoms with van der Waals surface area (Å²) in [6, 6.07) is 17.0. The van der Waals surface area contributed by atoms with Gasteiger partial charge in [-0.1, -0.05) is 69.4 Å².